The van der Waals surface area contributed by atoms with Gasteiger partial charge < -0.3 is 20.1 Å². The minimum atomic E-state index is -0.0394. The molecule has 1 aromatic rings. The number of ether oxygens (including phenoxy) is 1. The van der Waals surface area contributed by atoms with Gasteiger partial charge in [-0.15, -0.1) is 0 Å². The van der Waals surface area contributed by atoms with Crippen molar-refractivity contribution in [3.8, 4) is 0 Å². The van der Waals surface area contributed by atoms with Crippen LogP contribution >= 0.6 is 0 Å². The minimum Gasteiger partial charge on any atom is -0.394 e. The van der Waals surface area contributed by atoms with E-state index in [4.69, 9.17) is 4.74 Å². The van der Waals surface area contributed by atoms with E-state index in [-0.39, 0.29) is 18.6 Å². The lowest BCUT2D eigenvalue weighted by Gasteiger charge is -2.24. The molecule has 0 radical (unpaired) electrons. The zero-order valence-corrected chi connectivity index (χ0v) is 13.5. The predicted molar refractivity (Wildman–Crippen MR) is 89.7 cm³/mol. The second-order valence-electron chi connectivity index (χ2n) is 6.37. The first-order valence-corrected chi connectivity index (χ1v) is 8.66. The Morgan fingerprint density at radius 2 is 2.17 bits per heavy atom. The van der Waals surface area contributed by atoms with E-state index in [1.165, 1.54) is 0 Å². The highest BCUT2D eigenvalue weighted by atomic mass is 16.5. The quantitative estimate of drug-likeness (QED) is 0.844. The number of aliphatic hydroxyl groups excluding tert-OH is 1. The third-order valence-electron chi connectivity index (χ3n) is 4.81. The standard InChI is InChI=1S/C18H26N2O3/c21-13-14-5-3-11-20(14)18(22)16-7-1-2-8-17(16)19-10-9-15-6-4-12-23-15/h1-2,7-8,14-15,19,21H,3-6,9-13H2/t14-,15-/m1/s1. The van der Waals surface area contributed by atoms with Gasteiger partial charge in [0, 0.05) is 25.4 Å². The number of nitrogens with one attached hydrogen (secondary N) is 1. The van der Waals surface area contributed by atoms with Crippen LogP contribution in [0, 0.1) is 0 Å². The Bertz CT molecular complexity index is 529. The van der Waals surface area contributed by atoms with Gasteiger partial charge in [-0.2, -0.15) is 0 Å². The molecule has 1 aromatic carbocycles. The highest BCUT2D eigenvalue weighted by molar-refractivity contribution is 5.99. The molecule has 1 amide bonds. The van der Waals surface area contributed by atoms with Gasteiger partial charge >= 0.3 is 0 Å². The summed E-state index contributed by atoms with van der Waals surface area (Å²) in [6, 6.07) is 7.61. The van der Waals surface area contributed by atoms with Gasteiger partial charge in [-0.05, 0) is 44.2 Å². The summed E-state index contributed by atoms with van der Waals surface area (Å²) in [7, 11) is 0. The van der Waals surface area contributed by atoms with Crippen molar-refractivity contribution in [2.75, 3.05) is 31.6 Å². The SMILES string of the molecule is O=C(c1ccccc1NCC[C@H]1CCCO1)N1CCC[C@@H]1CO. The lowest BCUT2D eigenvalue weighted by molar-refractivity contribution is 0.0678. The van der Waals surface area contributed by atoms with Gasteiger partial charge in [0.05, 0.1) is 24.3 Å². The Labute approximate surface area is 137 Å². The monoisotopic (exact) mass is 318 g/mol. The number of anilines is 1. The van der Waals surface area contributed by atoms with Crippen LogP contribution in [0.1, 0.15) is 42.5 Å². The predicted octanol–water partition coefficient (Wildman–Crippen LogP) is 2.26. The summed E-state index contributed by atoms with van der Waals surface area (Å²) >= 11 is 0. The first kappa shape index (κ1) is 16.3. The number of rotatable bonds is 6. The molecule has 2 N–H and O–H groups in total. The van der Waals surface area contributed by atoms with E-state index < -0.39 is 0 Å². The first-order valence-electron chi connectivity index (χ1n) is 8.66. The molecular formula is C18H26N2O3. The zero-order chi connectivity index (χ0) is 16.1. The first-order chi connectivity index (χ1) is 11.3. The molecule has 2 fully saturated rings. The molecule has 0 aliphatic carbocycles. The van der Waals surface area contributed by atoms with Gasteiger partial charge in [0.15, 0.2) is 0 Å². The van der Waals surface area contributed by atoms with Crippen LogP contribution in [0.15, 0.2) is 24.3 Å². The fourth-order valence-electron chi connectivity index (χ4n) is 3.51. The van der Waals surface area contributed by atoms with Gasteiger partial charge in [-0.25, -0.2) is 0 Å². The average molecular weight is 318 g/mol. The second kappa shape index (κ2) is 7.79. The van der Waals surface area contributed by atoms with Crippen LogP contribution < -0.4 is 5.32 Å². The van der Waals surface area contributed by atoms with Crippen molar-refractivity contribution in [1.82, 2.24) is 4.90 Å². The molecule has 0 unspecified atom stereocenters. The summed E-state index contributed by atoms with van der Waals surface area (Å²) in [4.78, 5) is 14.6. The smallest absolute Gasteiger partial charge is 0.256 e. The molecule has 0 spiro atoms. The van der Waals surface area contributed by atoms with Crippen LogP contribution in [0.3, 0.4) is 0 Å². The molecule has 5 nitrogen and oxygen atoms in total. The maximum absolute atomic E-state index is 12.8. The summed E-state index contributed by atoms with van der Waals surface area (Å²) in [6.45, 7) is 2.45. The molecule has 0 aromatic heterocycles. The van der Waals surface area contributed by atoms with Crippen molar-refractivity contribution in [3.63, 3.8) is 0 Å². The van der Waals surface area contributed by atoms with Crippen molar-refractivity contribution in [3.05, 3.63) is 29.8 Å². The Morgan fingerprint density at radius 3 is 2.96 bits per heavy atom. The van der Waals surface area contributed by atoms with Gasteiger partial charge in [0.1, 0.15) is 0 Å². The van der Waals surface area contributed by atoms with Crippen LogP contribution in [0.2, 0.25) is 0 Å². The number of aliphatic hydroxyl groups is 1. The van der Waals surface area contributed by atoms with Crippen molar-refractivity contribution in [2.24, 2.45) is 0 Å². The molecular weight excluding hydrogens is 292 g/mol. The molecule has 2 heterocycles. The van der Waals surface area contributed by atoms with Gasteiger partial charge in [-0.1, -0.05) is 12.1 Å². The van der Waals surface area contributed by atoms with E-state index in [9.17, 15) is 9.90 Å². The number of carbonyl (C=O) groups is 1. The summed E-state index contributed by atoms with van der Waals surface area (Å²) in [5, 5.41) is 12.8. The summed E-state index contributed by atoms with van der Waals surface area (Å²) in [5.74, 6) is 0.0155. The summed E-state index contributed by atoms with van der Waals surface area (Å²) in [5.41, 5.74) is 1.57. The normalized spacial score (nSPS) is 24.1. The number of para-hydroxylation sites is 1. The van der Waals surface area contributed by atoms with Crippen molar-refractivity contribution in [1.29, 1.82) is 0 Å². The highest BCUT2D eigenvalue weighted by Gasteiger charge is 2.29. The largest absolute Gasteiger partial charge is 0.394 e. The van der Waals surface area contributed by atoms with Crippen molar-refractivity contribution < 1.29 is 14.6 Å². The number of carbonyl (C=O) groups excluding carboxylic acids is 1. The molecule has 5 heteroatoms. The lowest BCUT2D eigenvalue weighted by Crippen LogP contribution is -2.38. The summed E-state index contributed by atoms with van der Waals surface area (Å²) < 4.78 is 5.64. The molecule has 23 heavy (non-hydrogen) atoms. The number of nitrogens with zero attached hydrogens (tertiary/aromatic N) is 1. The third kappa shape index (κ3) is 3.85. The van der Waals surface area contributed by atoms with E-state index in [0.717, 1.165) is 57.5 Å². The maximum atomic E-state index is 12.8. The van der Waals surface area contributed by atoms with Gasteiger partial charge in [0.25, 0.3) is 5.91 Å². The molecule has 2 aliphatic heterocycles. The molecule has 0 bridgehead atoms. The Balaban J connectivity index is 1.63. The minimum absolute atomic E-state index is 0.0155. The number of hydrogen-bond donors (Lipinski definition) is 2. The van der Waals surface area contributed by atoms with E-state index in [1.807, 2.05) is 24.3 Å². The summed E-state index contributed by atoms with van der Waals surface area (Å²) in [6.07, 6.45) is 5.45. The number of benzene rings is 1. The number of likely N-dealkylation sites (tertiary alicyclic amines) is 1. The van der Waals surface area contributed by atoms with Gasteiger partial charge in [0.2, 0.25) is 0 Å². The molecule has 2 saturated heterocycles. The Hall–Kier alpha value is -1.59. The number of amides is 1. The van der Waals surface area contributed by atoms with Crippen LogP contribution in [0.5, 0.6) is 0 Å². The number of hydrogen-bond acceptors (Lipinski definition) is 4. The zero-order valence-electron chi connectivity index (χ0n) is 13.5. The Kier molecular flexibility index (Phi) is 5.51. The topological polar surface area (TPSA) is 61.8 Å². The highest BCUT2D eigenvalue weighted by Crippen LogP contribution is 2.24. The van der Waals surface area contributed by atoms with E-state index in [0.29, 0.717) is 11.7 Å². The Morgan fingerprint density at radius 1 is 1.30 bits per heavy atom. The van der Waals surface area contributed by atoms with Gasteiger partial charge in [-0.3, -0.25) is 4.79 Å². The maximum Gasteiger partial charge on any atom is 0.256 e. The van der Waals surface area contributed by atoms with Crippen LogP contribution in [0.25, 0.3) is 0 Å². The molecule has 0 saturated carbocycles. The van der Waals surface area contributed by atoms with E-state index in [2.05, 4.69) is 5.32 Å². The molecule has 126 valence electrons. The van der Waals surface area contributed by atoms with Crippen molar-refractivity contribution in [2.45, 2.75) is 44.2 Å². The van der Waals surface area contributed by atoms with Crippen LogP contribution in [-0.2, 0) is 4.74 Å². The van der Waals surface area contributed by atoms with Crippen LogP contribution in [0.4, 0.5) is 5.69 Å². The van der Waals surface area contributed by atoms with E-state index >= 15 is 0 Å². The van der Waals surface area contributed by atoms with E-state index in [1.54, 1.807) is 4.90 Å². The average Bonchev–Trinajstić information content (AvgIpc) is 3.26. The second-order valence-corrected chi connectivity index (χ2v) is 6.37. The molecule has 3 rings (SSSR count). The fraction of sp³-hybridized carbons (Fsp3) is 0.611. The molecule has 2 atom stereocenters. The third-order valence-corrected chi connectivity index (χ3v) is 4.81. The fourth-order valence-corrected chi connectivity index (χ4v) is 3.51. The lowest BCUT2D eigenvalue weighted by atomic mass is 10.1. The molecule has 2 aliphatic rings. The van der Waals surface area contributed by atoms with Crippen molar-refractivity contribution >= 4 is 11.6 Å². The van der Waals surface area contributed by atoms with Crippen LogP contribution in [-0.4, -0.2) is 54.4 Å².